The molecule has 1 aliphatic heterocycles. The zero-order chi connectivity index (χ0) is 22.7. The van der Waals surface area contributed by atoms with Crippen molar-refractivity contribution in [3.05, 3.63) is 60.3 Å². The lowest BCUT2D eigenvalue weighted by molar-refractivity contribution is -0.115. The van der Waals surface area contributed by atoms with Gasteiger partial charge < -0.3 is 10.1 Å². The van der Waals surface area contributed by atoms with Crippen molar-refractivity contribution in [3.63, 3.8) is 0 Å². The van der Waals surface area contributed by atoms with E-state index in [2.05, 4.69) is 10.3 Å². The number of rotatable bonds is 6. The lowest BCUT2D eigenvalue weighted by Gasteiger charge is -2.27. The van der Waals surface area contributed by atoms with Crippen LogP contribution in [0.15, 0.2) is 64.5 Å². The zero-order valence-electron chi connectivity index (χ0n) is 17.9. The van der Waals surface area contributed by atoms with E-state index in [1.165, 1.54) is 22.1 Å². The number of carbonyl (C=O) groups excluding carboxylic acids is 1. The normalized spacial score (nSPS) is 16.1. The number of anilines is 1. The highest BCUT2D eigenvalue weighted by Crippen LogP contribution is 2.31. The molecule has 7 nitrogen and oxygen atoms in total. The number of carbonyl (C=O) groups is 1. The average molecular weight is 472 g/mol. The Balaban J connectivity index is 1.51. The molecular weight excluding hydrogens is 446 g/mol. The first-order valence-electron chi connectivity index (χ1n) is 10.4. The summed E-state index contributed by atoms with van der Waals surface area (Å²) in [7, 11) is -3.65. The second kappa shape index (κ2) is 9.58. The summed E-state index contributed by atoms with van der Waals surface area (Å²) in [5, 5.41) is 3.48. The van der Waals surface area contributed by atoms with Crippen molar-refractivity contribution < 1.29 is 17.9 Å². The van der Waals surface area contributed by atoms with Crippen LogP contribution in [0.1, 0.15) is 12.5 Å². The Morgan fingerprint density at radius 2 is 1.91 bits per heavy atom. The van der Waals surface area contributed by atoms with Crippen LogP contribution < -0.4 is 5.32 Å². The molecule has 1 amide bonds. The van der Waals surface area contributed by atoms with Crippen molar-refractivity contribution in [2.45, 2.75) is 28.9 Å². The van der Waals surface area contributed by atoms with Crippen molar-refractivity contribution in [3.8, 4) is 0 Å². The van der Waals surface area contributed by atoms with Gasteiger partial charge in [0.1, 0.15) is 0 Å². The molecular formula is C23H25N3O4S2. The van der Waals surface area contributed by atoms with Crippen LogP contribution in [0.2, 0.25) is 0 Å². The quantitative estimate of drug-likeness (QED) is 0.552. The van der Waals surface area contributed by atoms with E-state index in [1.807, 2.05) is 37.3 Å². The Labute approximate surface area is 192 Å². The van der Waals surface area contributed by atoms with Gasteiger partial charge in [0.05, 0.1) is 28.9 Å². The van der Waals surface area contributed by atoms with Crippen LogP contribution in [-0.2, 0) is 19.6 Å². The SMILES string of the molecule is Cc1ccc(NC(=O)C(C)Sc2ccnc3ccccc23)cc1S(=O)(=O)N1CCOCC1. The molecule has 9 heteroatoms. The van der Waals surface area contributed by atoms with Gasteiger partial charge in [-0.1, -0.05) is 24.3 Å². The minimum absolute atomic E-state index is 0.200. The number of fused-ring (bicyclic) bond motifs is 1. The average Bonchev–Trinajstić information content (AvgIpc) is 2.81. The van der Waals surface area contributed by atoms with Crippen LogP contribution in [-0.4, -0.2) is 55.2 Å². The molecule has 2 heterocycles. The maximum absolute atomic E-state index is 13.1. The predicted molar refractivity (Wildman–Crippen MR) is 126 cm³/mol. The fourth-order valence-corrected chi connectivity index (χ4v) is 6.19. The minimum Gasteiger partial charge on any atom is -0.379 e. The molecule has 1 aromatic heterocycles. The molecule has 2 aromatic carbocycles. The summed E-state index contributed by atoms with van der Waals surface area (Å²) in [5.74, 6) is -0.200. The van der Waals surface area contributed by atoms with Crippen LogP contribution in [0.5, 0.6) is 0 Å². The molecule has 0 bridgehead atoms. The number of para-hydroxylation sites is 1. The van der Waals surface area contributed by atoms with Gasteiger partial charge in [0, 0.05) is 35.3 Å². The summed E-state index contributed by atoms with van der Waals surface area (Å²) in [6.07, 6.45) is 1.73. The van der Waals surface area contributed by atoms with Crippen molar-refractivity contribution >= 4 is 44.3 Å². The van der Waals surface area contributed by atoms with Gasteiger partial charge in [0.2, 0.25) is 15.9 Å². The highest BCUT2D eigenvalue weighted by Gasteiger charge is 2.28. The van der Waals surface area contributed by atoms with E-state index in [9.17, 15) is 13.2 Å². The highest BCUT2D eigenvalue weighted by atomic mass is 32.2. The third-order valence-corrected chi connectivity index (χ3v) is 8.54. The number of aryl methyl sites for hydroxylation is 1. The molecule has 0 radical (unpaired) electrons. The third-order valence-electron chi connectivity index (χ3n) is 5.33. The van der Waals surface area contributed by atoms with E-state index in [-0.39, 0.29) is 16.1 Å². The fourth-order valence-electron chi connectivity index (χ4n) is 3.54. The number of nitrogens with zero attached hydrogens (tertiary/aromatic N) is 2. The summed E-state index contributed by atoms with van der Waals surface area (Å²) in [6.45, 7) is 5.00. The Bertz CT molecular complexity index is 1240. The molecule has 1 fully saturated rings. The molecule has 3 aromatic rings. The number of hydrogen-bond acceptors (Lipinski definition) is 6. The van der Waals surface area contributed by atoms with Gasteiger partial charge >= 0.3 is 0 Å². The van der Waals surface area contributed by atoms with Crippen LogP contribution in [0.25, 0.3) is 10.9 Å². The molecule has 4 rings (SSSR count). The second-order valence-corrected chi connectivity index (χ2v) is 10.9. The van der Waals surface area contributed by atoms with Gasteiger partial charge in [-0.3, -0.25) is 9.78 Å². The molecule has 0 aliphatic carbocycles. The van der Waals surface area contributed by atoms with Crippen LogP contribution in [0.3, 0.4) is 0 Å². The summed E-state index contributed by atoms with van der Waals surface area (Å²) >= 11 is 1.44. The predicted octanol–water partition coefficient (Wildman–Crippen LogP) is 3.68. The third kappa shape index (κ3) is 4.80. The van der Waals surface area contributed by atoms with Gasteiger partial charge in [-0.25, -0.2) is 8.42 Å². The summed E-state index contributed by atoms with van der Waals surface area (Å²) in [6, 6.07) is 14.7. The molecule has 1 unspecified atom stereocenters. The standard InChI is InChI=1S/C23H25N3O4S2/c1-16-7-8-18(15-22(16)32(28,29)26-11-13-30-14-12-26)25-23(27)17(2)31-21-9-10-24-20-6-4-3-5-19(20)21/h3-10,15,17H,11-14H2,1-2H3,(H,25,27). The number of aromatic nitrogens is 1. The minimum atomic E-state index is -3.65. The van der Waals surface area contributed by atoms with Gasteiger partial charge in [-0.15, -0.1) is 11.8 Å². The summed E-state index contributed by atoms with van der Waals surface area (Å²) in [5.41, 5.74) is 1.97. The van der Waals surface area contributed by atoms with Crippen molar-refractivity contribution in [2.75, 3.05) is 31.6 Å². The smallest absolute Gasteiger partial charge is 0.243 e. The Hall–Kier alpha value is -2.46. The van der Waals surface area contributed by atoms with E-state index in [0.29, 0.717) is 37.6 Å². The first kappa shape index (κ1) is 22.7. The monoisotopic (exact) mass is 471 g/mol. The van der Waals surface area contributed by atoms with E-state index in [4.69, 9.17) is 4.74 Å². The molecule has 1 atom stereocenters. The second-order valence-electron chi connectivity index (χ2n) is 7.57. The summed E-state index contributed by atoms with van der Waals surface area (Å²) < 4.78 is 32.9. The Kier molecular flexibility index (Phi) is 6.80. The number of benzene rings is 2. The molecule has 1 saturated heterocycles. The molecule has 1 N–H and O–H groups in total. The zero-order valence-corrected chi connectivity index (χ0v) is 19.6. The molecule has 168 valence electrons. The number of sulfonamides is 1. The number of nitrogens with one attached hydrogen (secondary N) is 1. The fraction of sp³-hybridized carbons (Fsp3) is 0.304. The van der Waals surface area contributed by atoms with Crippen molar-refractivity contribution in [1.29, 1.82) is 0 Å². The van der Waals surface area contributed by atoms with Gasteiger partial charge in [-0.05, 0) is 43.7 Å². The van der Waals surface area contributed by atoms with E-state index < -0.39 is 10.0 Å². The van der Waals surface area contributed by atoms with Crippen LogP contribution in [0.4, 0.5) is 5.69 Å². The number of hydrogen-bond donors (Lipinski definition) is 1. The lowest BCUT2D eigenvalue weighted by Crippen LogP contribution is -2.40. The van der Waals surface area contributed by atoms with Gasteiger partial charge in [0.25, 0.3) is 0 Å². The molecule has 0 spiro atoms. The number of morpholine rings is 1. The van der Waals surface area contributed by atoms with Gasteiger partial charge in [0.15, 0.2) is 0 Å². The highest BCUT2D eigenvalue weighted by molar-refractivity contribution is 8.00. The van der Waals surface area contributed by atoms with Crippen LogP contribution in [0, 0.1) is 6.92 Å². The number of thioether (sulfide) groups is 1. The van der Waals surface area contributed by atoms with Crippen LogP contribution >= 0.6 is 11.8 Å². The largest absolute Gasteiger partial charge is 0.379 e. The molecule has 1 aliphatic rings. The Morgan fingerprint density at radius 1 is 1.16 bits per heavy atom. The van der Waals surface area contributed by atoms with E-state index >= 15 is 0 Å². The first-order chi connectivity index (χ1) is 15.4. The molecule has 32 heavy (non-hydrogen) atoms. The number of amides is 1. The number of pyridine rings is 1. The topological polar surface area (TPSA) is 88.6 Å². The van der Waals surface area contributed by atoms with Crippen molar-refractivity contribution in [1.82, 2.24) is 9.29 Å². The Morgan fingerprint density at radius 3 is 2.69 bits per heavy atom. The van der Waals surface area contributed by atoms with Crippen molar-refractivity contribution in [2.24, 2.45) is 0 Å². The van der Waals surface area contributed by atoms with E-state index in [1.54, 1.807) is 25.3 Å². The molecule has 0 saturated carbocycles. The maximum atomic E-state index is 13.1. The van der Waals surface area contributed by atoms with Gasteiger partial charge in [-0.2, -0.15) is 4.31 Å². The lowest BCUT2D eigenvalue weighted by atomic mass is 10.2. The summed E-state index contributed by atoms with van der Waals surface area (Å²) in [4.78, 5) is 18.4. The first-order valence-corrected chi connectivity index (χ1v) is 12.7. The number of ether oxygens (including phenoxy) is 1. The maximum Gasteiger partial charge on any atom is 0.243 e. The van der Waals surface area contributed by atoms with E-state index in [0.717, 1.165) is 15.8 Å².